The third-order valence-electron chi connectivity index (χ3n) is 3.49. The van der Waals surface area contributed by atoms with Crippen LogP contribution < -0.4 is 10.6 Å². The Bertz CT molecular complexity index is 607. The molecule has 2 N–H and O–H groups in total. The van der Waals surface area contributed by atoms with Gasteiger partial charge in [0.1, 0.15) is 0 Å². The molecule has 5 heteroatoms. The smallest absolute Gasteiger partial charge is 0.187 e. The summed E-state index contributed by atoms with van der Waals surface area (Å²) in [5.41, 5.74) is 3.09. The van der Waals surface area contributed by atoms with Gasteiger partial charge in [-0.25, -0.2) is 0 Å². The molecule has 0 aromatic carbocycles. The van der Waals surface area contributed by atoms with E-state index in [1.807, 2.05) is 38.2 Å². The third-order valence-corrected chi connectivity index (χ3v) is 3.49. The topological polar surface area (TPSA) is 58.2 Å². The van der Waals surface area contributed by atoms with Crippen molar-refractivity contribution in [3.8, 4) is 0 Å². The van der Waals surface area contributed by atoms with Gasteiger partial charge in [0.05, 0.1) is 0 Å². The first-order chi connectivity index (χ1) is 10.6. The fourth-order valence-corrected chi connectivity index (χ4v) is 2.24. The van der Waals surface area contributed by atoms with E-state index in [9.17, 15) is 9.59 Å². The molecule has 23 heavy (non-hydrogen) atoms. The molecule has 4 nitrogen and oxygen atoms in total. The molecule has 0 aromatic rings. The van der Waals surface area contributed by atoms with Crippen molar-refractivity contribution in [1.82, 2.24) is 10.6 Å². The van der Waals surface area contributed by atoms with Crippen LogP contribution in [0.25, 0.3) is 0 Å². The maximum Gasteiger partial charge on any atom is 0.187 e. The molecule has 0 fully saturated rings. The summed E-state index contributed by atoms with van der Waals surface area (Å²) in [6, 6.07) is 0. The van der Waals surface area contributed by atoms with Crippen molar-refractivity contribution >= 4 is 11.6 Å². The van der Waals surface area contributed by atoms with Gasteiger partial charge in [-0.15, -0.1) is 0 Å². The molecule has 1 radical (unpaired) electrons. The van der Waals surface area contributed by atoms with Crippen LogP contribution in [0, 0.1) is 0 Å². The minimum atomic E-state index is 0. The molecule has 0 unspecified atom stereocenters. The maximum atomic E-state index is 11.7. The van der Waals surface area contributed by atoms with Crippen molar-refractivity contribution in [2.24, 2.45) is 0 Å². The van der Waals surface area contributed by atoms with Crippen LogP contribution in [-0.4, -0.2) is 24.7 Å². The molecule has 0 amide bonds. The Morgan fingerprint density at radius 1 is 0.739 bits per heavy atom. The summed E-state index contributed by atoms with van der Waals surface area (Å²) >= 11 is 0. The van der Waals surface area contributed by atoms with Crippen LogP contribution in [0.15, 0.2) is 71.1 Å². The molecule has 2 aliphatic carbocycles. The molecule has 0 spiro atoms. The minimum absolute atomic E-state index is 0. The van der Waals surface area contributed by atoms with Gasteiger partial charge < -0.3 is 10.6 Å². The van der Waals surface area contributed by atoms with E-state index < -0.39 is 0 Å². The van der Waals surface area contributed by atoms with Gasteiger partial charge in [-0.3, -0.25) is 9.59 Å². The molecule has 0 saturated heterocycles. The SMILES string of the molecule is CC(NCCNC(C)=C1C=CC=CC1=O)=C1C=CC=CC1=O.[Cu]. The zero-order chi connectivity index (χ0) is 15.9. The van der Waals surface area contributed by atoms with Crippen molar-refractivity contribution in [2.45, 2.75) is 13.8 Å². The van der Waals surface area contributed by atoms with Gasteiger partial charge in [-0.1, -0.05) is 24.3 Å². The monoisotopic (exact) mass is 359 g/mol. The molecule has 0 aromatic heterocycles. The quantitative estimate of drug-likeness (QED) is 0.448. The second kappa shape index (κ2) is 9.13. The number of carbonyl (C=O) groups is 2. The van der Waals surface area contributed by atoms with E-state index in [0.29, 0.717) is 24.2 Å². The van der Waals surface area contributed by atoms with Crippen LogP contribution in [0.3, 0.4) is 0 Å². The van der Waals surface area contributed by atoms with E-state index in [0.717, 1.165) is 11.4 Å². The van der Waals surface area contributed by atoms with Gasteiger partial charge in [-0.2, -0.15) is 0 Å². The second-order valence-electron chi connectivity index (χ2n) is 5.10. The van der Waals surface area contributed by atoms with E-state index in [1.165, 1.54) is 0 Å². The standard InChI is InChI=1S/C18H20N2O2.Cu/c1-13(15-7-3-5-9-17(15)21)19-11-12-20-14(2)16-8-4-6-10-18(16)22;/h3-10,19-20H,11-12H2,1-2H3;. The number of carbonyl (C=O) groups excluding carboxylic acids is 2. The Labute approximate surface area is 147 Å². The van der Waals surface area contributed by atoms with Crippen LogP contribution in [0.1, 0.15) is 13.8 Å². The fraction of sp³-hybridized carbons (Fsp3) is 0.222. The van der Waals surface area contributed by atoms with Gasteiger partial charge in [0.25, 0.3) is 0 Å². The van der Waals surface area contributed by atoms with E-state index >= 15 is 0 Å². The Morgan fingerprint density at radius 2 is 1.09 bits per heavy atom. The number of hydrogen-bond donors (Lipinski definition) is 2. The molecule has 0 bridgehead atoms. The van der Waals surface area contributed by atoms with Crippen LogP contribution in [0.5, 0.6) is 0 Å². The average molecular weight is 360 g/mol. The van der Waals surface area contributed by atoms with Crippen molar-refractivity contribution in [2.75, 3.05) is 13.1 Å². The van der Waals surface area contributed by atoms with Crippen molar-refractivity contribution < 1.29 is 26.7 Å². The Hall–Kier alpha value is -2.10. The van der Waals surface area contributed by atoms with Gasteiger partial charge in [-0.05, 0) is 38.2 Å². The number of hydrogen-bond acceptors (Lipinski definition) is 4. The number of allylic oxidation sites excluding steroid dienone is 12. The number of rotatable bonds is 5. The summed E-state index contributed by atoms with van der Waals surface area (Å²) in [6.45, 7) is 5.11. The van der Waals surface area contributed by atoms with E-state index in [4.69, 9.17) is 0 Å². The predicted octanol–water partition coefficient (Wildman–Crippen LogP) is 2.10. The summed E-state index contributed by atoms with van der Waals surface area (Å²) in [6.07, 6.45) is 13.9. The van der Waals surface area contributed by atoms with Crippen LogP contribution in [0.2, 0.25) is 0 Å². The van der Waals surface area contributed by atoms with Crippen molar-refractivity contribution in [3.63, 3.8) is 0 Å². The molecule has 0 atom stereocenters. The first-order valence-corrected chi connectivity index (χ1v) is 7.27. The van der Waals surface area contributed by atoms with Crippen molar-refractivity contribution in [3.05, 3.63) is 71.1 Å². The molecular formula is C18H20CuN2O2. The molecule has 0 saturated carbocycles. The maximum absolute atomic E-state index is 11.7. The zero-order valence-electron chi connectivity index (χ0n) is 13.2. The van der Waals surface area contributed by atoms with Crippen LogP contribution in [-0.2, 0) is 26.7 Å². The third kappa shape index (κ3) is 5.23. The zero-order valence-corrected chi connectivity index (χ0v) is 14.1. The van der Waals surface area contributed by atoms with Gasteiger partial charge in [0.15, 0.2) is 11.6 Å². The molecule has 2 aliphatic rings. The molecule has 0 aliphatic heterocycles. The largest absolute Gasteiger partial charge is 0.386 e. The van der Waals surface area contributed by atoms with E-state index in [-0.39, 0.29) is 28.6 Å². The summed E-state index contributed by atoms with van der Waals surface area (Å²) in [7, 11) is 0. The number of nitrogens with one attached hydrogen (secondary N) is 2. The average Bonchev–Trinajstić information content (AvgIpc) is 2.52. The molecular weight excluding hydrogens is 340 g/mol. The number of ketones is 2. The molecule has 2 rings (SSSR count). The normalized spacial score (nSPS) is 20.3. The van der Waals surface area contributed by atoms with Crippen LogP contribution in [0.4, 0.5) is 0 Å². The van der Waals surface area contributed by atoms with E-state index in [1.54, 1.807) is 24.3 Å². The second-order valence-corrected chi connectivity index (χ2v) is 5.10. The van der Waals surface area contributed by atoms with Gasteiger partial charge in [0, 0.05) is 52.7 Å². The Kier molecular flexibility index (Phi) is 7.52. The predicted molar refractivity (Wildman–Crippen MR) is 88.0 cm³/mol. The molecule has 125 valence electrons. The Balaban J connectivity index is 0.00000264. The summed E-state index contributed by atoms with van der Waals surface area (Å²) < 4.78 is 0. The summed E-state index contributed by atoms with van der Waals surface area (Å²) in [4.78, 5) is 23.4. The van der Waals surface area contributed by atoms with E-state index in [2.05, 4.69) is 10.6 Å². The summed E-state index contributed by atoms with van der Waals surface area (Å²) in [5, 5.41) is 6.45. The summed E-state index contributed by atoms with van der Waals surface area (Å²) in [5.74, 6) is 0.0342. The van der Waals surface area contributed by atoms with Gasteiger partial charge >= 0.3 is 0 Å². The molecule has 0 heterocycles. The van der Waals surface area contributed by atoms with Crippen molar-refractivity contribution in [1.29, 1.82) is 0 Å². The Morgan fingerprint density at radius 3 is 1.43 bits per heavy atom. The van der Waals surface area contributed by atoms with Gasteiger partial charge in [0.2, 0.25) is 0 Å². The minimum Gasteiger partial charge on any atom is -0.386 e. The first-order valence-electron chi connectivity index (χ1n) is 7.27. The van der Waals surface area contributed by atoms with Crippen LogP contribution >= 0.6 is 0 Å². The first kappa shape index (κ1) is 18.9. The fourth-order valence-electron chi connectivity index (χ4n) is 2.24.